The van der Waals surface area contributed by atoms with Crippen LogP contribution in [0.3, 0.4) is 0 Å². The van der Waals surface area contributed by atoms with Gasteiger partial charge in [0.15, 0.2) is 0 Å². The van der Waals surface area contributed by atoms with Crippen LogP contribution in [0.1, 0.15) is 25.3 Å². The molecule has 4 heteroatoms. The van der Waals surface area contributed by atoms with Gasteiger partial charge in [0.25, 0.3) is 0 Å². The standard InChI is InChI=1S/C13H19ClN2O/c1-2-16(10-12-6-4-8-17-12)13-11(9-14)5-3-7-15-13/h3,5,7,12H,2,4,6,8-10H2,1H3. The molecule has 1 aliphatic heterocycles. The van der Waals surface area contributed by atoms with Gasteiger partial charge in [-0.05, 0) is 25.8 Å². The van der Waals surface area contributed by atoms with Crippen molar-refractivity contribution >= 4 is 17.4 Å². The molecule has 2 heterocycles. The number of halogens is 1. The Kier molecular flexibility index (Phi) is 4.63. The predicted molar refractivity (Wildman–Crippen MR) is 70.7 cm³/mol. The highest BCUT2D eigenvalue weighted by molar-refractivity contribution is 6.17. The highest BCUT2D eigenvalue weighted by Gasteiger charge is 2.20. The second-order valence-electron chi connectivity index (χ2n) is 4.29. The zero-order chi connectivity index (χ0) is 12.1. The van der Waals surface area contributed by atoms with Crippen LogP contribution in [0.5, 0.6) is 0 Å². The number of hydrogen-bond acceptors (Lipinski definition) is 3. The first-order valence-corrected chi connectivity index (χ1v) is 6.75. The number of pyridine rings is 1. The zero-order valence-corrected chi connectivity index (χ0v) is 11.0. The molecule has 94 valence electrons. The van der Waals surface area contributed by atoms with Crippen LogP contribution in [0.15, 0.2) is 18.3 Å². The summed E-state index contributed by atoms with van der Waals surface area (Å²) in [5.74, 6) is 1.51. The molecule has 0 radical (unpaired) electrons. The summed E-state index contributed by atoms with van der Waals surface area (Å²) in [6.07, 6.45) is 4.50. The molecule has 1 aromatic rings. The number of anilines is 1. The normalized spacial score (nSPS) is 19.5. The van der Waals surface area contributed by atoms with Gasteiger partial charge < -0.3 is 9.64 Å². The molecule has 0 N–H and O–H groups in total. The number of nitrogens with zero attached hydrogens (tertiary/aromatic N) is 2. The van der Waals surface area contributed by atoms with Crippen LogP contribution in [0, 0.1) is 0 Å². The van der Waals surface area contributed by atoms with Crippen LogP contribution in [-0.2, 0) is 10.6 Å². The molecule has 1 aliphatic rings. The number of alkyl halides is 1. The summed E-state index contributed by atoms with van der Waals surface area (Å²) in [6, 6.07) is 3.97. The van der Waals surface area contributed by atoms with Crippen molar-refractivity contribution in [3.8, 4) is 0 Å². The summed E-state index contributed by atoms with van der Waals surface area (Å²) in [4.78, 5) is 6.71. The molecule has 17 heavy (non-hydrogen) atoms. The van der Waals surface area contributed by atoms with Crippen LogP contribution in [0.25, 0.3) is 0 Å². The van der Waals surface area contributed by atoms with Gasteiger partial charge in [-0.25, -0.2) is 4.98 Å². The molecule has 1 unspecified atom stereocenters. The fraction of sp³-hybridized carbons (Fsp3) is 0.615. The van der Waals surface area contributed by atoms with Crippen LogP contribution in [-0.4, -0.2) is 30.8 Å². The molecule has 0 aliphatic carbocycles. The van der Waals surface area contributed by atoms with E-state index in [-0.39, 0.29) is 0 Å². The van der Waals surface area contributed by atoms with Crippen molar-refractivity contribution in [2.24, 2.45) is 0 Å². The van der Waals surface area contributed by atoms with Gasteiger partial charge in [0.05, 0.1) is 12.0 Å². The monoisotopic (exact) mass is 254 g/mol. The molecule has 1 atom stereocenters. The minimum atomic E-state index is 0.347. The van der Waals surface area contributed by atoms with Crippen molar-refractivity contribution in [2.75, 3.05) is 24.6 Å². The quantitative estimate of drug-likeness (QED) is 0.756. The SMILES string of the molecule is CCN(CC1CCCO1)c1ncccc1CCl. The maximum absolute atomic E-state index is 5.95. The second kappa shape index (κ2) is 6.22. The Morgan fingerprint density at radius 3 is 3.12 bits per heavy atom. The van der Waals surface area contributed by atoms with E-state index in [2.05, 4.69) is 16.8 Å². The van der Waals surface area contributed by atoms with Crippen molar-refractivity contribution in [1.82, 2.24) is 4.98 Å². The van der Waals surface area contributed by atoms with E-state index >= 15 is 0 Å². The maximum Gasteiger partial charge on any atom is 0.133 e. The first kappa shape index (κ1) is 12.7. The molecule has 0 saturated carbocycles. The Morgan fingerprint density at radius 1 is 1.59 bits per heavy atom. The number of rotatable bonds is 5. The minimum absolute atomic E-state index is 0.347. The molecule has 2 rings (SSSR count). The van der Waals surface area contributed by atoms with Gasteiger partial charge in [-0.3, -0.25) is 0 Å². The molecule has 3 nitrogen and oxygen atoms in total. The second-order valence-corrected chi connectivity index (χ2v) is 4.56. The lowest BCUT2D eigenvalue weighted by Gasteiger charge is -2.26. The topological polar surface area (TPSA) is 25.4 Å². The fourth-order valence-corrected chi connectivity index (χ4v) is 2.43. The first-order valence-electron chi connectivity index (χ1n) is 6.21. The predicted octanol–water partition coefficient (Wildman–Crippen LogP) is 2.83. The van der Waals surface area contributed by atoms with Gasteiger partial charge in [-0.1, -0.05) is 6.07 Å². The third-order valence-electron chi connectivity index (χ3n) is 3.14. The van der Waals surface area contributed by atoms with Crippen molar-refractivity contribution in [3.63, 3.8) is 0 Å². The molecule has 0 aromatic carbocycles. The lowest BCUT2D eigenvalue weighted by atomic mass is 10.2. The molecule has 1 saturated heterocycles. The number of likely N-dealkylation sites (N-methyl/N-ethyl adjacent to an activating group) is 1. The van der Waals surface area contributed by atoms with E-state index in [0.717, 1.165) is 37.5 Å². The van der Waals surface area contributed by atoms with E-state index in [1.807, 2.05) is 18.3 Å². The zero-order valence-electron chi connectivity index (χ0n) is 10.2. The molecule has 0 amide bonds. The van der Waals surface area contributed by atoms with Gasteiger partial charge in [0.1, 0.15) is 5.82 Å². The van der Waals surface area contributed by atoms with Crippen molar-refractivity contribution < 1.29 is 4.74 Å². The average Bonchev–Trinajstić information content (AvgIpc) is 2.89. The summed E-state index contributed by atoms with van der Waals surface area (Å²) < 4.78 is 5.68. The van der Waals surface area contributed by atoms with E-state index in [1.54, 1.807) is 0 Å². The van der Waals surface area contributed by atoms with Crippen LogP contribution < -0.4 is 4.90 Å². The largest absolute Gasteiger partial charge is 0.376 e. The Balaban J connectivity index is 2.10. The molecule has 1 fully saturated rings. The summed E-state index contributed by atoms with van der Waals surface area (Å²) in [5, 5.41) is 0. The molecule has 0 bridgehead atoms. The van der Waals surface area contributed by atoms with Crippen molar-refractivity contribution in [1.29, 1.82) is 0 Å². The molecular formula is C13H19ClN2O. The summed E-state index contributed by atoms with van der Waals surface area (Å²) in [6.45, 7) is 4.88. The average molecular weight is 255 g/mol. The number of ether oxygens (including phenoxy) is 1. The van der Waals surface area contributed by atoms with E-state index in [9.17, 15) is 0 Å². The van der Waals surface area contributed by atoms with Gasteiger partial charge in [0.2, 0.25) is 0 Å². The van der Waals surface area contributed by atoms with Gasteiger partial charge >= 0.3 is 0 Å². The maximum atomic E-state index is 5.95. The highest BCUT2D eigenvalue weighted by Crippen LogP contribution is 2.21. The Labute approximate surface area is 108 Å². The summed E-state index contributed by atoms with van der Waals surface area (Å²) in [5.41, 5.74) is 1.09. The van der Waals surface area contributed by atoms with Gasteiger partial charge in [-0.2, -0.15) is 0 Å². The van der Waals surface area contributed by atoms with Crippen LogP contribution >= 0.6 is 11.6 Å². The smallest absolute Gasteiger partial charge is 0.133 e. The van der Waals surface area contributed by atoms with E-state index < -0.39 is 0 Å². The van der Waals surface area contributed by atoms with Crippen molar-refractivity contribution in [2.45, 2.75) is 31.7 Å². The van der Waals surface area contributed by atoms with Gasteiger partial charge in [0, 0.05) is 31.5 Å². The Morgan fingerprint density at radius 2 is 2.47 bits per heavy atom. The summed E-state index contributed by atoms with van der Waals surface area (Å²) in [7, 11) is 0. The lowest BCUT2D eigenvalue weighted by molar-refractivity contribution is 0.115. The molecular weight excluding hydrogens is 236 g/mol. The Bertz CT molecular complexity index is 353. The minimum Gasteiger partial charge on any atom is -0.376 e. The summed E-state index contributed by atoms with van der Waals surface area (Å²) >= 11 is 5.95. The van der Waals surface area contributed by atoms with E-state index in [1.165, 1.54) is 6.42 Å². The van der Waals surface area contributed by atoms with Gasteiger partial charge in [-0.15, -0.1) is 11.6 Å². The first-order chi connectivity index (χ1) is 8.35. The van der Waals surface area contributed by atoms with Crippen LogP contribution in [0.4, 0.5) is 5.82 Å². The molecule has 0 spiro atoms. The lowest BCUT2D eigenvalue weighted by Crippen LogP contribution is -2.33. The highest BCUT2D eigenvalue weighted by atomic mass is 35.5. The van der Waals surface area contributed by atoms with Crippen LogP contribution in [0.2, 0.25) is 0 Å². The fourth-order valence-electron chi connectivity index (χ4n) is 2.22. The van der Waals surface area contributed by atoms with Crippen molar-refractivity contribution in [3.05, 3.63) is 23.9 Å². The third-order valence-corrected chi connectivity index (χ3v) is 3.43. The van der Waals surface area contributed by atoms with E-state index in [0.29, 0.717) is 12.0 Å². The third kappa shape index (κ3) is 3.11. The number of hydrogen-bond donors (Lipinski definition) is 0. The number of aromatic nitrogens is 1. The Hall–Kier alpha value is -0.800. The van der Waals surface area contributed by atoms with E-state index in [4.69, 9.17) is 16.3 Å². The molecule has 1 aromatic heterocycles.